The van der Waals surface area contributed by atoms with Gasteiger partial charge in [-0.25, -0.2) is 4.39 Å². The van der Waals surface area contributed by atoms with Crippen LogP contribution in [-0.4, -0.2) is 5.08 Å². The Bertz CT molecular complexity index is 99.2. The molecule has 0 amide bonds. The predicted molar refractivity (Wildman–Crippen MR) is 45.7 cm³/mol. The van der Waals surface area contributed by atoms with Gasteiger partial charge in [0.2, 0.25) is 0 Å². The van der Waals surface area contributed by atoms with Crippen molar-refractivity contribution in [1.82, 2.24) is 0 Å². The van der Waals surface area contributed by atoms with Gasteiger partial charge >= 0.3 is 0 Å². The van der Waals surface area contributed by atoms with Crippen LogP contribution in [0.25, 0.3) is 0 Å². The van der Waals surface area contributed by atoms with E-state index in [1.165, 1.54) is 0 Å². The van der Waals surface area contributed by atoms with Gasteiger partial charge in [0.25, 0.3) is 0 Å². The molecule has 1 unspecified atom stereocenters. The largest absolute Gasteiger partial charge is 0.229 e. The summed E-state index contributed by atoms with van der Waals surface area (Å²) in [6.45, 7) is 2.05. The monoisotopic (exact) mass is 258 g/mol. The Balaban J connectivity index is 3.55. The molecular formula is C6H9Br2F. The van der Waals surface area contributed by atoms with Crippen LogP contribution in [0.15, 0.2) is 10.6 Å². The van der Waals surface area contributed by atoms with E-state index >= 15 is 0 Å². The fraction of sp³-hybridized carbons (Fsp3) is 0.667. The van der Waals surface area contributed by atoms with Gasteiger partial charge in [-0.15, -0.1) is 0 Å². The van der Waals surface area contributed by atoms with Crippen molar-refractivity contribution in [3.8, 4) is 0 Å². The van der Waals surface area contributed by atoms with Crippen LogP contribution < -0.4 is 0 Å². The molecule has 0 nitrogen and oxygen atoms in total. The highest BCUT2D eigenvalue weighted by Gasteiger charge is 2.01. The van der Waals surface area contributed by atoms with Crippen molar-refractivity contribution in [3.05, 3.63) is 10.6 Å². The van der Waals surface area contributed by atoms with Crippen LogP contribution in [0.5, 0.6) is 0 Å². The summed E-state index contributed by atoms with van der Waals surface area (Å²) in [7, 11) is 0. The Labute approximate surface area is 71.8 Å². The van der Waals surface area contributed by atoms with Gasteiger partial charge in [-0.1, -0.05) is 35.4 Å². The second-order valence-electron chi connectivity index (χ2n) is 1.68. The summed E-state index contributed by atoms with van der Waals surface area (Å²) in [5.41, 5.74) is 0. The Morgan fingerprint density at radius 3 is 2.67 bits per heavy atom. The molecule has 0 aromatic heterocycles. The summed E-state index contributed by atoms with van der Waals surface area (Å²) in [5, 5.41) is -1.04. The van der Waals surface area contributed by atoms with E-state index in [-0.39, 0.29) is 0 Å². The first-order valence-electron chi connectivity index (χ1n) is 2.82. The smallest absolute Gasteiger partial charge is 0.186 e. The third kappa shape index (κ3) is 5.09. The fourth-order valence-electron chi connectivity index (χ4n) is 0.371. The Morgan fingerprint density at radius 2 is 2.33 bits per heavy atom. The molecule has 0 bridgehead atoms. The van der Waals surface area contributed by atoms with Gasteiger partial charge in [0, 0.05) is 4.48 Å². The molecule has 0 radical (unpaired) electrons. The van der Waals surface area contributed by atoms with Crippen LogP contribution in [-0.2, 0) is 0 Å². The number of allylic oxidation sites excluding steroid dienone is 2. The second kappa shape index (κ2) is 5.42. The lowest BCUT2D eigenvalue weighted by molar-refractivity contribution is 0.524. The van der Waals surface area contributed by atoms with Crippen molar-refractivity contribution in [1.29, 1.82) is 0 Å². The number of hydrogen-bond acceptors (Lipinski definition) is 0. The van der Waals surface area contributed by atoms with E-state index in [1.54, 1.807) is 0 Å². The zero-order chi connectivity index (χ0) is 7.28. The molecule has 0 saturated heterocycles. The molecule has 0 aliphatic carbocycles. The molecule has 9 heavy (non-hydrogen) atoms. The molecule has 0 heterocycles. The van der Waals surface area contributed by atoms with Crippen molar-refractivity contribution in [2.24, 2.45) is 0 Å². The summed E-state index contributed by atoms with van der Waals surface area (Å²) in [5.74, 6) is 0. The Kier molecular flexibility index (Phi) is 5.80. The van der Waals surface area contributed by atoms with Gasteiger partial charge in [-0.2, -0.15) is 0 Å². The Hall–Kier alpha value is 0.630. The van der Waals surface area contributed by atoms with Crippen LogP contribution >= 0.6 is 31.9 Å². The van der Waals surface area contributed by atoms with E-state index in [9.17, 15) is 4.39 Å². The van der Waals surface area contributed by atoms with E-state index < -0.39 is 5.08 Å². The van der Waals surface area contributed by atoms with Crippen LogP contribution in [0.2, 0.25) is 0 Å². The first kappa shape index (κ1) is 9.63. The fourth-order valence-corrected chi connectivity index (χ4v) is 0.787. The molecule has 1 atom stereocenters. The lowest BCUT2D eigenvalue weighted by atomic mass is 10.3. The maximum Gasteiger partial charge on any atom is 0.186 e. The number of unbranched alkanes of at least 4 members (excludes halogenated alkanes) is 1. The molecule has 0 aliphatic rings. The normalized spacial score (nSPS) is 15.8. The van der Waals surface area contributed by atoms with E-state index in [0.717, 1.165) is 12.8 Å². The van der Waals surface area contributed by atoms with Crippen molar-refractivity contribution >= 4 is 31.9 Å². The molecular weight excluding hydrogens is 251 g/mol. The molecule has 0 aromatic rings. The molecule has 0 fully saturated rings. The third-order valence-electron chi connectivity index (χ3n) is 0.836. The van der Waals surface area contributed by atoms with E-state index in [1.807, 2.05) is 6.08 Å². The van der Waals surface area contributed by atoms with Crippen LogP contribution in [0.1, 0.15) is 19.8 Å². The summed E-state index contributed by atoms with van der Waals surface area (Å²) in [6, 6.07) is 0. The predicted octanol–water partition coefficient (Wildman–Crippen LogP) is 3.76. The van der Waals surface area contributed by atoms with Gasteiger partial charge in [0.05, 0.1) is 0 Å². The third-order valence-corrected chi connectivity index (χ3v) is 2.67. The Morgan fingerprint density at radius 1 is 1.78 bits per heavy atom. The standard InChI is InChI=1S/C6H9Br2F/c1-2-3-4-5(7)6(8)9/h4,6H,2-3H2,1H3. The molecule has 0 rings (SSSR count). The average molecular weight is 260 g/mol. The highest BCUT2D eigenvalue weighted by molar-refractivity contribution is 9.14. The first-order chi connectivity index (χ1) is 4.18. The summed E-state index contributed by atoms with van der Waals surface area (Å²) >= 11 is 5.87. The highest BCUT2D eigenvalue weighted by atomic mass is 79.9. The SMILES string of the molecule is CCCC=C(Br)C(F)Br. The minimum absolute atomic E-state index is 0.587. The van der Waals surface area contributed by atoms with Crippen LogP contribution in [0, 0.1) is 0 Å². The number of alkyl halides is 2. The average Bonchev–Trinajstić information content (AvgIpc) is 1.82. The van der Waals surface area contributed by atoms with Gasteiger partial charge in [0.1, 0.15) is 0 Å². The molecule has 54 valence electrons. The van der Waals surface area contributed by atoms with Gasteiger partial charge < -0.3 is 0 Å². The van der Waals surface area contributed by atoms with Gasteiger partial charge in [-0.3, -0.25) is 0 Å². The summed E-state index contributed by atoms with van der Waals surface area (Å²) in [4.78, 5) is 0. The van der Waals surface area contributed by atoms with Crippen molar-refractivity contribution in [2.75, 3.05) is 0 Å². The van der Waals surface area contributed by atoms with Crippen LogP contribution in [0.3, 0.4) is 0 Å². The summed E-state index contributed by atoms with van der Waals surface area (Å²) < 4.78 is 12.8. The molecule has 0 N–H and O–H groups in total. The van der Waals surface area contributed by atoms with Crippen molar-refractivity contribution < 1.29 is 4.39 Å². The molecule has 0 aliphatic heterocycles. The quantitative estimate of drug-likeness (QED) is 0.678. The molecule has 0 aromatic carbocycles. The highest BCUT2D eigenvalue weighted by Crippen LogP contribution is 2.20. The number of rotatable bonds is 3. The minimum atomic E-state index is -1.04. The summed E-state index contributed by atoms with van der Waals surface area (Å²) in [6.07, 6.45) is 3.81. The number of hydrogen-bond donors (Lipinski definition) is 0. The molecule has 0 spiro atoms. The minimum Gasteiger partial charge on any atom is -0.229 e. The van der Waals surface area contributed by atoms with Gasteiger partial charge in [-0.05, 0) is 22.4 Å². The van der Waals surface area contributed by atoms with Gasteiger partial charge in [0.15, 0.2) is 5.08 Å². The maximum atomic E-state index is 12.2. The second-order valence-corrected chi connectivity index (χ2v) is 3.40. The zero-order valence-electron chi connectivity index (χ0n) is 5.20. The lowest BCUT2D eigenvalue weighted by Gasteiger charge is -1.95. The molecule has 0 saturated carbocycles. The van der Waals surface area contributed by atoms with Crippen molar-refractivity contribution in [2.45, 2.75) is 24.8 Å². The van der Waals surface area contributed by atoms with Crippen molar-refractivity contribution in [3.63, 3.8) is 0 Å². The topological polar surface area (TPSA) is 0 Å². The number of halogens is 3. The first-order valence-corrected chi connectivity index (χ1v) is 4.53. The van der Waals surface area contributed by atoms with E-state index in [4.69, 9.17) is 0 Å². The maximum absolute atomic E-state index is 12.2. The molecule has 3 heteroatoms. The lowest BCUT2D eigenvalue weighted by Crippen LogP contribution is -1.84. The zero-order valence-corrected chi connectivity index (χ0v) is 8.37. The van der Waals surface area contributed by atoms with E-state index in [0.29, 0.717) is 4.48 Å². The van der Waals surface area contributed by atoms with Crippen LogP contribution in [0.4, 0.5) is 4.39 Å². The van der Waals surface area contributed by atoms with E-state index in [2.05, 4.69) is 38.8 Å².